The van der Waals surface area contributed by atoms with Crippen LogP contribution in [0.2, 0.25) is 0 Å². The summed E-state index contributed by atoms with van der Waals surface area (Å²) < 4.78 is 29.3. The zero-order valence-electron chi connectivity index (χ0n) is 43.3. The van der Waals surface area contributed by atoms with E-state index in [4.69, 9.17) is 23.7 Å². The summed E-state index contributed by atoms with van der Waals surface area (Å²) in [5.74, 6) is -1.15. The molecule has 1 aliphatic carbocycles. The minimum atomic E-state index is -0.489. The molecule has 16 nitrogen and oxygen atoms in total. The van der Waals surface area contributed by atoms with Gasteiger partial charge in [-0.05, 0) is 98.4 Å². The number of alkyl carbamates (subject to hydrolysis) is 1. The summed E-state index contributed by atoms with van der Waals surface area (Å²) in [4.78, 5) is 74.2. The van der Waals surface area contributed by atoms with Gasteiger partial charge in [-0.2, -0.15) is 0 Å². The number of carbonyl (C=O) groups is 6. The molecule has 3 aromatic rings. The van der Waals surface area contributed by atoms with E-state index in [9.17, 15) is 28.8 Å². The van der Waals surface area contributed by atoms with E-state index in [1.165, 1.54) is 24.1 Å². The van der Waals surface area contributed by atoms with Gasteiger partial charge in [-0.25, -0.2) is 4.79 Å². The molecule has 0 bridgehead atoms. The Labute approximate surface area is 434 Å². The standard InChI is InChI=1S/C58H73N5O11/c1-37(19-26-52-38(2)29-51(40(4)73-52)63-54(66)27-20-39(3)72-41(5)64)18-25-44-31-58(36-71-58)32-45(74-44)30-55(67)60-33-42-21-23-43(24-22-42)62-56(68)34-61-53(65)17-7-6-12-28-59-57(69)70-35-50-48-15-10-8-13-46(48)47-14-9-11-16-49(47)50/h8-11,13-16,18-25,27,38-40,44-45,50-52H,6-7,12,17,26,28-36H2,1-5H3,(H,59,69)(H,60,67)(H,61,65)(H,62,68)(H,63,66)/b25-18+,27-20-,37-19+/t38-,39-,40+,44+,45+,51+,52-,58+/m0/s1. The molecule has 16 heteroatoms. The molecule has 4 aliphatic rings. The predicted molar refractivity (Wildman–Crippen MR) is 281 cm³/mol. The van der Waals surface area contributed by atoms with Gasteiger partial charge in [0.25, 0.3) is 0 Å². The van der Waals surface area contributed by atoms with Gasteiger partial charge >= 0.3 is 12.1 Å². The number of hydrogen-bond donors (Lipinski definition) is 5. The molecular weight excluding hydrogens is 943 g/mol. The highest BCUT2D eigenvalue weighted by atomic mass is 16.6. The van der Waals surface area contributed by atoms with Crippen LogP contribution in [0.15, 0.2) is 109 Å². The first-order chi connectivity index (χ1) is 35.6. The molecule has 1 spiro atoms. The van der Waals surface area contributed by atoms with Gasteiger partial charge in [-0.3, -0.25) is 24.0 Å². The second kappa shape index (κ2) is 26.5. The highest BCUT2D eigenvalue weighted by Crippen LogP contribution is 2.45. The fourth-order valence-electron chi connectivity index (χ4n) is 9.96. The second-order valence-electron chi connectivity index (χ2n) is 20.2. The van der Waals surface area contributed by atoms with Gasteiger partial charge in [0, 0.05) is 57.0 Å². The Morgan fingerprint density at radius 1 is 0.811 bits per heavy atom. The number of benzene rings is 3. The highest BCUT2D eigenvalue weighted by molar-refractivity contribution is 5.94. The third kappa shape index (κ3) is 16.7. The monoisotopic (exact) mass is 1020 g/mol. The van der Waals surface area contributed by atoms with Gasteiger partial charge in [0.05, 0.1) is 55.6 Å². The van der Waals surface area contributed by atoms with Crippen molar-refractivity contribution in [2.75, 3.05) is 31.6 Å². The summed E-state index contributed by atoms with van der Waals surface area (Å²) in [6.07, 6.45) is 13.0. The van der Waals surface area contributed by atoms with E-state index < -0.39 is 18.2 Å². The first-order valence-corrected chi connectivity index (χ1v) is 26.1. The van der Waals surface area contributed by atoms with E-state index in [-0.39, 0.29) is 97.5 Å². The van der Waals surface area contributed by atoms with E-state index in [1.807, 2.05) is 56.3 Å². The number of fused-ring (bicyclic) bond motifs is 3. The molecule has 74 heavy (non-hydrogen) atoms. The molecule has 0 aromatic heterocycles. The van der Waals surface area contributed by atoms with Crippen LogP contribution >= 0.6 is 0 Å². The summed E-state index contributed by atoms with van der Waals surface area (Å²) in [7, 11) is 0. The van der Waals surface area contributed by atoms with Crippen molar-refractivity contribution in [1.82, 2.24) is 21.3 Å². The van der Waals surface area contributed by atoms with E-state index >= 15 is 0 Å². The van der Waals surface area contributed by atoms with Gasteiger partial charge in [0.15, 0.2) is 0 Å². The minimum absolute atomic E-state index is 0.000229. The Morgan fingerprint density at radius 3 is 2.23 bits per heavy atom. The second-order valence-corrected chi connectivity index (χ2v) is 20.2. The summed E-state index contributed by atoms with van der Waals surface area (Å²) in [5.41, 5.74) is 6.91. The van der Waals surface area contributed by atoms with Crippen molar-refractivity contribution in [3.63, 3.8) is 0 Å². The number of unbranched alkanes of at least 4 members (excludes halogenated alkanes) is 2. The van der Waals surface area contributed by atoms with E-state index in [0.29, 0.717) is 44.6 Å². The third-order valence-electron chi connectivity index (χ3n) is 14.0. The van der Waals surface area contributed by atoms with Crippen molar-refractivity contribution < 1.29 is 52.5 Å². The van der Waals surface area contributed by atoms with Crippen LogP contribution in [-0.4, -0.2) is 104 Å². The quantitative estimate of drug-likeness (QED) is 0.0203. The maximum atomic E-state index is 13.1. The number of hydrogen-bond acceptors (Lipinski definition) is 11. The fraction of sp³-hybridized carbons (Fsp3) is 0.483. The van der Waals surface area contributed by atoms with Crippen LogP contribution in [0.5, 0.6) is 0 Å². The number of ether oxygens (including phenoxy) is 5. The lowest BCUT2D eigenvalue weighted by Crippen LogP contribution is -2.50. The lowest BCUT2D eigenvalue weighted by molar-refractivity contribution is -0.143. The molecule has 0 saturated carbocycles. The molecule has 0 unspecified atom stereocenters. The Kier molecular flexibility index (Phi) is 19.8. The number of epoxide rings is 1. The van der Waals surface area contributed by atoms with Crippen molar-refractivity contribution in [2.45, 2.75) is 147 Å². The maximum Gasteiger partial charge on any atom is 0.407 e. The van der Waals surface area contributed by atoms with E-state index in [0.717, 1.165) is 47.9 Å². The third-order valence-corrected chi connectivity index (χ3v) is 14.0. The van der Waals surface area contributed by atoms with Crippen LogP contribution in [0.3, 0.4) is 0 Å². The number of amides is 5. The van der Waals surface area contributed by atoms with Crippen LogP contribution in [0.4, 0.5) is 10.5 Å². The molecule has 0 radical (unpaired) electrons. The first kappa shape index (κ1) is 55.1. The van der Waals surface area contributed by atoms with Crippen molar-refractivity contribution in [1.29, 1.82) is 0 Å². The molecule has 8 atom stereocenters. The number of carbonyl (C=O) groups excluding carboxylic acids is 6. The first-order valence-electron chi connectivity index (χ1n) is 26.1. The number of anilines is 1. The Balaban J connectivity index is 0.729. The molecule has 7 rings (SSSR count). The Morgan fingerprint density at radius 2 is 1.53 bits per heavy atom. The number of rotatable bonds is 23. The summed E-state index contributed by atoms with van der Waals surface area (Å²) in [6.45, 7) is 10.7. The van der Waals surface area contributed by atoms with Crippen molar-refractivity contribution in [2.24, 2.45) is 5.92 Å². The molecule has 396 valence electrons. The minimum Gasteiger partial charge on any atom is -0.459 e. The fourth-order valence-corrected chi connectivity index (χ4v) is 9.96. The average molecular weight is 1020 g/mol. The number of allylic oxidation sites excluding steroid dienone is 2. The SMILES string of the molecule is CC(=O)O[C@@H](C)/C=C\C(=O)N[C@@H]1C[C@H](C)[C@H](C/C=C(C)/C=C/[C@@H]2C[C@]3(CO3)C[C@@H](CC(=O)NCc3ccc(NC(=O)CNC(=O)CCCCCNC(=O)OCC4c5ccccc5-c5ccccc54)cc3)O2)O[C@@H]1C. The molecule has 5 N–H and O–H groups in total. The predicted octanol–water partition coefficient (Wildman–Crippen LogP) is 7.86. The Hall–Kier alpha value is -6.62. The largest absolute Gasteiger partial charge is 0.459 e. The van der Waals surface area contributed by atoms with E-state index in [2.05, 4.69) is 69.9 Å². The normalized spacial score (nSPS) is 23.6. The average Bonchev–Trinajstić information content (AvgIpc) is 4.03. The van der Waals surface area contributed by atoms with E-state index in [1.54, 1.807) is 25.1 Å². The topological polar surface area (TPSA) is 212 Å². The van der Waals surface area contributed by atoms with Gasteiger partial charge in [-0.1, -0.05) is 97.8 Å². The summed E-state index contributed by atoms with van der Waals surface area (Å²) in [5, 5.41) is 14.3. The Bertz CT molecular complexity index is 2490. The van der Waals surface area contributed by atoms with Crippen LogP contribution in [0, 0.1) is 5.92 Å². The molecule has 3 saturated heterocycles. The van der Waals surface area contributed by atoms with Gasteiger partial charge in [-0.15, -0.1) is 0 Å². The van der Waals surface area contributed by atoms with Crippen LogP contribution in [0.1, 0.15) is 115 Å². The molecule has 3 fully saturated rings. The molecule has 3 heterocycles. The zero-order chi connectivity index (χ0) is 52.6. The summed E-state index contributed by atoms with van der Waals surface area (Å²) >= 11 is 0. The summed E-state index contributed by atoms with van der Waals surface area (Å²) in [6, 6.07) is 23.4. The smallest absolute Gasteiger partial charge is 0.407 e. The molecule has 3 aliphatic heterocycles. The van der Waals surface area contributed by atoms with Crippen LogP contribution in [-0.2, 0) is 54.2 Å². The highest BCUT2D eigenvalue weighted by Gasteiger charge is 2.51. The van der Waals surface area contributed by atoms with Crippen molar-refractivity contribution in [3.8, 4) is 11.1 Å². The number of nitrogens with one attached hydrogen (secondary N) is 5. The lowest BCUT2D eigenvalue weighted by Gasteiger charge is -2.39. The van der Waals surface area contributed by atoms with Gasteiger partial charge in [0.2, 0.25) is 23.6 Å². The van der Waals surface area contributed by atoms with Gasteiger partial charge < -0.3 is 50.3 Å². The van der Waals surface area contributed by atoms with Gasteiger partial charge in [0.1, 0.15) is 12.7 Å². The maximum absolute atomic E-state index is 13.1. The van der Waals surface area contributed by atoms with Crippen LogP contribution < -0.4 is 26.6 Å². The molecular formula is C58H73N5O11. The molecule has 3 aromatic carbocycles. The zero-order valence-corrected chi connectivity index (χ0v) is 43.3. The number of esters is 1. The van der Waals surface area contributed by atoms with Crippen molar-refractivity contribution in [3.05, 3.63) is 125 Å². The van der Waals surface area contributed by atoms with Crippen molar-refractivity contribution >= 4 is 41.4 Å². The molecule has 5 amide bonds. The lowest BCUT2D eigenvalue weighted by atomic mass is 9.88. The van der Waals surface area contributed by atoms with Crippen LogP contribution in [0.25, 0.3) is 11.1 Å².